The highest BCUT2D eigenvalue weighted by molar-refractivity contribution is 7.51. The highest BCUT2D eigenvalue weighted by Gasteiger charge is 2.19. The molecule has 5 nitrogen and oxygen atoms in total. The molecule has 0 aliphatic carbocycles. The summed E-state index contributed by atoms with van der Waals surface area (Å²) in [7, 11) is 0.240. The smallest absolute Gasteiger partial charge is 0.329 e. The first-order chi connectivity index (χ1) is 5.27. The highest BCUT2D eigenvalue weighted by atomic mass is 31.2. The molecule has 0 radical (unpaired) electrons. The van der Waals surface area contributed by atoms with Crippen molar-refractivity contribution in [2.45, 2.75) is 0 Å². The number of aliphatic hydroxyl groups excluding tert-OH is 1. The topological polar surface area (TPSA) is 66.8 Å². The van der Waals surface area contributed by atoms with Gasteiger partial charge in [0.15, 0.2) is 6.73 Å². The Balaban J connectivity index is 3.83. The van der Waals surface area contributed by atoms with Crippen LogP contribution in [0.2, 0.25) is 0 Å². The van der Waals surface area contributed by atoms with Gasteiger partial charge in [0.2, 0.25) is 0 Å². The third kappa shape index (κ3) is 6.76. The van der Waals surface area contributed by atoms with Crippen LogP contribution in [-0.4, -0.2) is 55.1 Å². The molecular formula is C6H17NO4P+. The second-order valence-corrected chi connectivity index (χ2v) is 5.31. The van der Waals surface area contributed by atoms with E-state index in [4.69, 9.17) is 14.5 Å². The number of quaternary nitrogens is 1. The van der Waals surface area contributed by atoms with Crippen LogP contribution in [0.1, 0.15) is 0 Å². The van der Waals surface area contributed by atoms with E-state index in [2.05, 4.69) is 0 Å². The molecule has 0 heterocycles. The Morgan fingerprint density at radius 1 is 1.50 bits per heavy atom. The van der Waals surface area contributed by atoms with Crippen LogP contribution < -0.4 is 0 Å². The summed E-state index contributed by atoms with van der Waals surface area (Å²) in [6.07, 6.45) is 0. The SMILES string of the molecule is C[N+](C)(CCO)COP(C)(=O)O. The Kier molecular flexibility index (Phi) is 4.37. The number of nitrogens with zero attached hydrogens (tertiary/aromatic N) is 1. The first-order valence-corrected chi connectivity index (χ1v) is 5.67. The number of likely N-dealkylation sites (N-methyl/N-ethyl adjacent to an activating group) is 1. The molecule has 6 heteroatoms. The summed E-state index contributed by atoms with van der Waals surface area (Å²) in [5, 5.41) is 8.63. The van der Waals surface area contributed by atoms with Crippen molar-refractivity contribution in [1.82, 2.24) is 0 Å². The molecule has 0 spiro atoms. The van der Waals surface area contributed by atoms with Crippen LogP contribution in [0, 0.1) is 0 Å². The molecule has 0 aromatic carbocycles. The van der Waals surface area contributed by atoms with Crippen LogP contribution in [0.15, 0.2) is 0 Å². The molecule has 0 aromatic heterocycles. The minimum Gasteiger partial charge on any atom is -0.391 e. The molecule has 1 unspecified atom stereocenters. The molecule has 0 fully saturated rings. The van der Waals surface area contributed by atoms with Gasteiger partial charge in [-0.25, -0.2) is 0 Å². The van der Waals surface area contributed by atoms with E-state index in [1.54, 1.807) is 0 Å². The van der Waals surface area contributed by atoms with Crippen molar-refractivity contribution in [3.05, 3.63) is 0 Å². The van der Waals surface area contributed by atoms with E-state index in [1.807, 2.05) is 14.1 Å². The van der Waals surface area contributed by atoms with Gasteiger partial charge in [-0.1, -0.05) is 0 Å². The Morgan fingerprint density at radius 3 is 2.33 bits per heavy atom. The summed E-state index contributed by atoms with van der Waals surface area (Å²) >= 11 is 0. The van der Waals surface area contributed by atoms with Crippen molar-refractivity contribution in [1.29, 1.82) is 0 Å². The van der Waals surface area contributed by atoms with Gasteiger partial charge in [0.25, 0.3) is 0 Å². The normalized spacial score (nSPS) is 17.4. The van der Waals surface area contributed by atoms with Gasteiger partial charge in [0, 0.05) is 6.66 Å². The molecule has 1 atom stereocenters. The summed E-state index contributed by atoms with van der Waals surface area (Å²) in [6.45, 7) is 1.81. The highest BCUT2D eigenvalue weighted by Crippen LogP contribution is 2.36. The predicted molar refractivity (Wildman–Crippen MR) is 45.8 cm³/mol. The Hall–Kier alpha value is 0.0700. The third-order valence-electron chi connectivity index (χ3n) is 1.35. The fourth-order valence-corrected chi connectivity index (χ4v) is 1.13. The van der Waals surface area contributed by atoms with Gasteiger partial charge < -0.3 is 14.5 Å². The van der Waals surface area contributed by atoms with E-state index < -0.39 is 7.60 Å². The van der Waals surface area contributed by atoms with Gasteiger partial charge in [-0.3, -0.25) is 9.09 Å². The molecule has 2 N–H and O–H groups in total. The van der Waals surface area contributed by atoms with Crippen LogP contribution in [0.3, 0.4) is 0 Å². The van der Waals surface area contributed by atoms with E-state index in [1.165, 1.54) is 0 Å². The maximum atomic E-state index is 10.7. The molecule has 0 bridgehead atoms. The molecule has 12 heavy (non-hydrogen) atoms. The molecule has 0 amide bonds. The second-order valence-electron chi connectivity index (χ2n) is 3.44. The first-order valence-electron chi connectivity index (χ1n) is 3.64. The van der Waals surface area contributed by atoms with Gasteiger partial charge in [0.05, 0.1) is 20.7 Å². The van der Waals surface area contributed by atoms with Gasteiger partial charge in [-0.2, -0.15) is 0 Å². The predicted octanol–water partition coefficient (Wildman–Crippen LogP) is -0.156. The van der Waals surface area contributed by atoms with Crippen molar-refractivity contribution in [2.24, 2.45) is 0 Å². The van der Waals surface area contributed by atoms with E-state index in [9.17, 15) is 4.57 Å². The largest absolute Gasteiger partial charge is 0.391 e. The molecular weight excluding hydrogens is 181 g/mol. The van der Waals surface area contributed by atoms with E-state index in [-0.39, 0.29) is 13.3 Å². The average molecular weight is 198 g/mol. The number of hydrogen-bond acceptors (Lipinski definition) is 3. The third-order valence-corrected chi connectivity index (χ3v) is 1.95. The minimum atomic E-state index is -3.38. The van der Waals surface area contributed by atoms with Crippen molar-refractivity contribution in [3.63, 3.8) is 0 Å². The lowest BCUT2D eigenvalue weighted by Crippen LogP contribution is -2.43. The number of rotatable bonds is 5. The van der Waals surface area contributed by atoms with Crippen LogP contribution in [0.25, 0.3) is 0 Å². The van der Waals surface area contributed by atoms with E-state index in [0.29, 0.717) is 11.0 Å². The van der Waals surface area contributed by atoms with Crippen molar-refractivity contribution >= 4 is 7.60 Å². The maximum absolute atomic E-state index is 10.7. The summed E-state index contributed by atoms with van der Waals surface area (Å²) in [5.41, 5.74) is 0. The monoisotopic (exact) mass is 198 g/mol. The van der Waals surface area contributed by atoms with E-state index in [0.717, 1.165) is 6.66 Å². The minimum absolute atomic E-state index is 0.0375. The summed E-state index contributed by atoms with van der Waals surface area (Å²) < 4.78 is 15.8. The Bertz CT molecular complexity index is 176. The lowest BCUT2D eigenvalue weighted by molar-refractivity contribution is -0.906. The lowest BCUT2D eigenvalue weighted by Gasteiger charge is -2.28. The molecule has 74 valence electrons. The van der Waals surface area contributed by atoms with E-state index >= 15 is 0 Å². The van der Waals surface area contributed by atoms with Crippen LogP contribution in [-0.2, 0) is 9.09 Å². The standard InChI is InChI=1S/C6H16NO4P/c1-7(2,4-5-8)6-11-12(3,9)10/h8H,4-6H2,1-3H3/p+1. The number of hydrogen-bond donors (Lipinski definition) is 2. The van der Waals surface area contributed by atoms with Crippen molar-refractivity contribution in [3.8, 4) is 0 Å². The summed E-state index contributed by atoms with van der Waals surface area (Å²) in [4.78, 5) is 8.81. The Morgan fingerprint density at radius 2 is 2.00 bits per heavy atom. The Labute approximate surface area is 72.7 Å². The zero-order valence-corrected chi connectivity index (χ0v) is 8.62. The van der Waals surface area contributed by atoms with Crippen molar-refractivity contribution < 1.29 is 23.6 Å². The van der Waals surface area contributed by atoms with Crippen LogP contribution in [0.4, 0.5) is 0 Å². The van der Waals surface area contributed by atoms with Gasteiger partial charge >= 0.3 is 7.60 Å². The molecule has 0 saturated heterocycles. The van der Waals surface area contributed by atoms with Gasteiger partial charge in [0.1, 0.15) is 6.54 Å². The summed E-state index contributed by atoms with van der Waals surface area (Å²) in [5.74, 6) is 0. The maximum Gasteiger partial charge on any atom is 0.329 e. The number of aliphatic hydroxyl groups is 1. The fraction of sp³-hybridized carbons (Fsp3) is 1.00. The zero-order valence-electron chi connectivity index (χ0n) is 7.73. The van der Waals surface area contributed by atoms with Crippen LogP contribution in [0.5, 0.6) is 0 Å². The molecule has 0 aliphatic rings. The van der Waals surface area contributed by atoms with Crippen molar-refractivity contribution in [2.75, 3.05) is 40.6 Å². The average Bonchev–Trinajstić information content (AvgIpc) is 1.83. The molecule has 0 saturated carbocycles. The van der Waals surface area contributed by atoms with Gasteiger partial charge in [-0.15, -0.1) is 0 Å². The fourth-order valence-electron chi connectivity index (χ4n) is 0.599. The quantitative estimate of drug-likeness (QED) is 0.366. The summed E-state index contributed by atoms with van der Waals surface area (Å²) in [6, 6.07) is 0. The lowest BCUT2D eigenvalue weighted by atomic mass is 10.5. The molecule has 0 aliphatic heterocycles. The molecule has 0 aromatic rings. The zero-order chi connectivity index (χ0) is 9.83. The van der Waals surface area contributed by atoms with Crippen LogP contribution >= 0.6 is 7.60 Å². The second kappa shape index (κ2) is 4.35. The molecule has 0 rings (SSSR count). The first kappa shape index (κ1) is 12.1. The van der Waals surface area contributed by atoms with Gasteiger partial charge in [-0.05, 0) is 0 Å².